The van der Waals surface area contributed by atoms with Crippen molar-refractivity contribution in [1.82, 2.24) is 0 Å². The number of ether oxygens (including phenoxy) is 10. The standard InChI is InChI=1S/C41H78O11/c1-9-15-22-43-29-32-34(42)36(45-24-17-11-3)38(47-26-19-13-5)40(50-32)52-41-39(48-27-20-14-6)37(46-25-18-12-4)35(49-28-21-31(7)8)33(51-41)30-44-23-16-10-2/h21,32-42H,9-20,22-30H2,1-8H3/t32-,33?,34-,35-,36?,37?,38?,39+,40-,41-/m1/s1. The first-order valence-electron chi connectivity index (χ1n) is 20.9. The molecule has 0 aliphatic carbocycles. The van der Waals surface area contributed by atoms with Gasteiger partial charge in [0.05, 0.1) is 19.8 Å². The quantitative estimate of drug-likeness (QED) is 0.0561. The number of hydrogen-bond donors (Lipinski definition) is 1. The predicted molar refractivity (Wildman–Crippen MR) is 204 cm³/mol. The van der Waals surface area contributed by atoms with Crippen molar-refractivity contribution in [2.24, 2.45) is 0 Å². The molecule has 2 fully saturated rings. The lowest BCUT2D eigenvalue weighted by Crippen LogP contribution is -2.66. The molecule has 0 radical (unpaired) electrons. The molecule has 2 heterocycles. The highest BCUT2D eigenvalue weighted by atomic mass is 16.8. The highest BCUT2D eigenvalue weighted by molar-refractivity contribution is 4.98. The Hall–Kier alpha value is -0.700. The van der Waals surface area contributed by atoms with Crippen molar-refractivity contribution in [2.75, 3.05) is 59.5 Å². The molecule has 52 heavy (non-hydrogen) atoms. The number of aliphatic hydroxyl groups excluding tert-OH is 1. The third kappa shape index (κ3) is 17.4. The average molecular weight is 747 g/mol. The zero-order valence-corrected chi connectivity index (χ0v) is 34.2. The molecular weight excluding hydrogens is 668 g/mol. The zero-order valence-electron chi connectivity index (χ0n) is 34.2. The Labute approximate surface area is 317 Å². The van der Waals surface area contributed by atoms with Crippen LogP contribution in [0.2, 0.25) is 0 Å². The van der Waals surface area contributed by atoms with Crippen molar-refractivity contribution in [1.29, 1.82) is 0 Å². The van der Waals surface area contributed by atoms with Crippen molar-refractivity contribution in [3.05, 3.63) is 11.6 Å². The zero-order chi connectivity index (χ0) is 38.0. The Morgan fingerprint density at radius 2 is 0.904 bits per heavy atom. The van der Waals surface area contributed by atoms with Gasteiger partial charge in [-0.15, -0.1) is 0 Å². The van der Waals surface area contributed by atoms with E-state index < -0.39 is 61.4 Å². The smallest absolute Gasteiger partial charge is 0.190 e. The van der Waals surface area contributed by atoms with Gasteiger partial charge in [0.1, 0.15) is 48.8 Å². The summed E-state index contributed by atoms with van der Waals surface area (Å²) < 4.78 is 65.2. The molecule has 0 amide bonds. The highest BCUT2D eigenvalue weighted by Crippen LogP contribution is 2.34. The number of allylic oxidation sites excluding steroid dienone is 1. The van der Waals surface area contributed by atoms with Gasteiger partial charge in [0.15, 0.2) is 12.6 Å². The monoisotopic (exact) mass is 747 g/mol. The van der Waals surface area contributed by atoms with Crippen molar-refractivity contribution >= 4 is 0 Å². The summed E-state index contributed by atoms with van der Waals surface area (Å²) in [6.07, 6.45) is 6.39. The second kappa shape index (κ2) is 29.6. The maximum absolute atomic E-state index is 11.7. The minimum Gasteiger partial charge on any atom is -0.387 e. The average Bonchev–Trinajstić information content (AvgIpc) is 3.13. The molecule has 11 nitrogen and oxygen atoms in total. The molecule has 2 aliphatic heterocycles. The van der Waals surface area contributed by atoms with Crippen LogP contribution < -0.4 is 0 Å². The molecule has 2 aliphatic rings. The van der Waals surface area contributed by atoms with Crippen LogP contribution in [0.15, 0.2) is 11.6 Å². The van der Waals surface area contributed by atoms with Crippen LogP contribution in [0.4, 0.5) is 0 Å². The van der Waals surface area contributed by atoms with Crippen LogP contribution in [-0.4, -0.2) is 126 Å². The molecule has 0 aromatic carbocycles. The van der Waals surface area contributed by atoms with Gasteiger partial charge in [0.2, 0.25) is 0 Å². The second-order valence-electron chi connectivity index (χ2n) is 14.4. The molecule has 0 saturated carbocycles. The first-order valence-corrected chi connectivity index (χ1v) is 20.9. The summed E-state index contributed by atoms with van der Waals surface area (Å²) in [4.78, 5) is 0. The van der Waals surface area contributed by atoms with Crippen LogP contribution in [-0.2, 0) is 47.4 Å². The maximum Gasteiger partial charge on any atom is 0.190 e. The SMILES string of the molecule is CCCCOCC1O[C@H](O[C@H]2O[C@H](COCCCC)[C@@H](O)C(OCCCC)C2OCCCC)[C@@H](OCCCC)C(OCCCC)[C@@H]1OCC=C(C)C. The first kappa shape index (κ1) is 47.5. The molecule has 0 aromatic rings. The lowest BCUT2D eigenvalue weighted by molar-refractivity contribution is -0.389. The van der Waals surface area contributed by atoms with Crippen LogP contribution in [0.25, 0.3) is 0 Å². The molecule has 0 aromatic heterocycles. The fourth-order valence-corrected chi connectivity index (χ4v) is 6.00. The van der Waals surface area contributed by atoms with Crippen molar-refractivity contribution in [3.8, 4) is 0 Å². The van der Waals surface area contributed by atoms with E-state index in [0.29, 0.717) is 52.9 Å². The van der Waals surface area contributed by atoms with Crippen molar-refractivity contribution in [3.63, 3.8) is 0 Å². The Balaban J connectivity index is 2.55. The van der Waals surface area contributed by atoms with Gasteiger partial charge in [0.25, 0.3) is 0 Å². The summed E-state index contributed by atoms with van der Waals surface area (Å²) in [5.74, 6) is 0. The molecule has 10 atom stereocenters. The Morgan fingerprint density at radius 3 is 1.38 bits per heavy atom. The number of aliphatic hydroxyl groups is 1. The third-order valence-electron chi connectivity index (χ3n) is 9.34. The van der Waals surface area contributed by atoms with E-state index in [1.54, 1.807) is 0 Å². The van der Waals surface area contributed by atoms with Gasteiger partial charge in [-0.3, -0.25) is 0 Å². The number of hydrogen-bond acceptors (Lipinski definition) is 11. The van der Waals surface area contributed by atoms with Gasteiger partial charge >= 0.3 is 0 Å². The Kier molecular flexibility index (Phi) is 27.0. The minimum absolute atomic E-state index is 0.204. The fraction of sp³-hybridized carbons (Fsp3) is 0.951. The van der Waals surface area contributed by atoms with E-state index in [1.165, 1.54) is 5.57 Å². The van der Waals surface area contributed by atoms with Crippen LogP contribution in [0.5, 0.6) is 0 Å². The lowest BCUT2D eigenvalue weighted by atomic mass is 9.97. The van der Waals surface area contributed by atoms with E-state index in [0.717, 1.165) is 77.0 Å². The maximum atomic E-state index is 11.7. The Morgan fingerprint density at radius 1 is 0.500 bits per heavy atom. The van der Waals surface area contributed by atoms with Crippen LogP contribution in [0.1, 0.15) is 132 Å². The predicted octanol–water partition coefficient (Wildman–Crippen LogP) is 7.54. The molecular formula is C41H78O11. The topological polar surface area (TPSA) is 113 Å². The molecule has 11 heteroatoms. The van der Waals surface area contributed by atoms with Gasteiger partial charge < -0.3 is 52.5 Å². The molecule has 2 rings (SSSR count). The summed E-state index contributed by atoms with van der Waals surface area (Å²) in [5, 5.41) is 11.7. The second-order valence-corrected chi connectivity index (χ2v) is 14.4. The van der Waals surface area contributed by atoms with Gasteiger partial charge in [-0.1, -0.05) is 91.7 Å². The summed E-state index contributed by atoms with van der Waals surface area (Å²) in [6.45, 7) is 21.1. The summed E-state index contributed by atoms with van der Waals surface area (Å²) in [7, 11) is 0. The van der Waals surface area contributed by atoms with Gasteiger partial charge in [-0.05, 0) is 52.4 Å². The molecule has 0 spiro atoms. The number of unbranched alkanes of at least 4 members (excludes halogenated alkanes) is 6. The largest absolute Gasteiger partial charge is 0.387 e. The highest BCUT2D eigenvalue weighted by Gasteiger charge is 2.53. The summed E-state index contributed by atoms with van der Waals surface area (Å²) in [6, 6.07) is 0. The Bertz CT molecular complexity index is 872. The van der Waals surface area contributed by atoms with Gasteiger partial charge in [-0.2, -0.15) is 0 Å². The van der Waals surface area contributed by atoms with E-state index in [4.69, 9.17) is 47.4 Å². The number of rotatable bonds is 31. The van der Waals surface area contributed by atoms with E-state index in [-0.39, 0.29) is 6.61 Å². The summed E-state index contributed by atoms with van der Waals surface area (Å²) in [5.41, 5.74) is 1.17. The van der Waals surface area contributed by atoms with Gasteiger partial charge in [0, 0.05) is 39.6 Å². The van der Waals surface area contributed by atoms with Crippen LogP contribution in [0.3, 0.4) is 0 Å². The third-order valence-corrected chi connectivity index (χ3v) is 9.34. The van der Waals surface area contributed by atoms with Crippen molar-refractivity contribution < 1.29 is 52.5 Å². The lowest BCUT2D eigenvalue weighted by Gasteiger charge is -2.49. The van der Waals surface area contributed by atoms with Crippen LogP contribution in [0, 0.1) is 0 Å². The van der Waals surface area contributed by atoms with Crippen molar-refractivity contribution in [2.45, 2.75) is 194 Å². The molecule has 4 unspecified atom stereocenters. The molecule has 2 saturated heterocycles. The van der Waals surface area contributed by atoms with E-state index in [1.807, 2.05) is 0 Å². The fourth-order valence-electron chi connectivity index (χ4n) is 6.00. The van der Waals surface area contributed by atoms with Gasteiger partial charge in [-0.25, -0.2) is 0 Å². The van der Waals surface area contributed by atoms with E-state index in [9.17, 15) is 5.11 Å². The summed E-state index contributed by atoms with van der Waals surface area (Å²) >= 11 is 0. The molecule has 1 N–H and O–H groups in total. The molecule has 308 valence electrons. The van der Waals surface area contributed by atoms with E-state index >= 15 is 0 Å². The van der Waals surface area contributed by atoms with Crippen LogP contribution >= 0.6 is 0 Å². The molecule has 0 bridgehead atoms. The minimum atomic E-state index is -0.966. The first-order chi connectivity index (χ1) is 25.4. The van der Waals surface area contributed by atoms with E-state index in [2.05, 4.69) is 61.5 Å². The normalized spacial score (nSPS) is 29.4.